The second kappa shape index (κ2) is 9.52. The van der Waals surface area contributed by atoms with Gasteiger partial charge in [0.05, 0.1) is 13.2 Å². The molecule has 1 aliphatic carbocycles. The van der Waals surface area contributed by atoms with Gasteiger partial charge in [0, 0.05) is 24.9 Å². The summed E-state index contributed by atoms with van der Waals surface area (Å²) in [5.74, 6) is 1.93. The number of hydrogen-bond acceptors (Lipinski definition) is 4. The van der Waals surface area contributed by atoms with Crippen molar-refractivity contribution in [1.82, 2.24) is 5.32 Å². The molecule has 1 saturated carbocycles. The largest absolute Gasteiger partial charge is 0.493 e. The molecule has 4 rings (SSSR count). The van der Waals surface area contributed by atoms with Crippen LogP contribution in [0.25, 0.3) is 0 Å². The molecule has 0 spiro atoms. The van der Waals surface area contributed by atoms with Crippen LogP contribution in [0, 0.1) is 5.92 Å². The summed E-state index contributed by atoms with van der Waals surface area (Å²) in [6.45, 7) is 1.15. The summed E-state index contributed by atoms with van der Waals surface area (Å²) >= 11 is 0. The molecule has 30 heavy (non-hydrogen) atoms. The molecule has 1 heterocycles. The average molecular weight is 409 g/mol. The maximum absolute atomic E-state index is 12.6. The van der Waals surface area contributed by atoms with E-state index in [0.717, 1.165) is 42.7 Å². The van der Waals surface area contributed by atoms with Gasteiger partial charge in [-0.1, -0.05) is 30.3 Å². The van der Waals surface area contributed by atoms with E-state index in [-0.39, 0.29) is 23.8 Å². The smallest absolute Gasteiger partial charge is 0.223 e. The Labute approximate surface area is 178 Å². The summed E-state index contributed by atoms with van der Waals surface area (Å²) in [4.78, 5) is 12.6. The van der Waals surface area contributed by atoms with E-state index in [0.29, 0.717) is 13.1 Å². The monoisotopic (exact) mass is 408 g/mol. The predicted molar refractivity (Wildman–Crippen MR) is 118 cm³/mol. The van der Waals surface area contributed by atoms with Crippen LogP contribution in [0.2, 0.25) is 0 Å². The number of amides is 1. The number of methoxy groups -OCH3 is 1. The fourth-order valence-corrected chi connectivity index (χ4v) is 4.78. The summed E-state index contributed by atoms with van der Waals surface area (Å²) in [5.41, 5.74) is 9.37. The predicted octanol–water partition coefficient (Wildman–Crippen LogP) is 3.94. The van der Waals surface area contributed by atoms with Crippen LogP contribution in [-0.2, 0) is 17.8 Å². The van der Waals surface area contributed by atoms with Crippen molar-refractivity contribution in [3.8, 4) is 11.5 Å². The van der Waals surface area contributed by atoms with E-state index in [9.17, 15) is 4.79 Å². The minimum Gasteiger partial charge on any atom is -0.493 e. The van der Waals surface area contributed by atoms with Crippen LogP contribution >= 0.6 is 0 Å². The minimum atomic E-state index is -0.0576. The van der Waals surface area contributed by atoms with Gasteiger partial charge in [-0.15, -0.1) is 0 Å². The van der Waals surface area contributed by atoms with Crippen molar-refractivity contribution in [2.45, 2.75) is 57.1 Å². The Morgan fingerprint density at radius 3 is 2.57 bits per heavy atom. The van der Waals surface area contributed by atoms with Crippen molar-refractivity contribution < 1.29 is 14.3 Å². The minimum absolute atomic E-state index is 0.0576. The first-order valence-electron chi connectivity index (χ1n) is 11.1. The van der Waals surface area contributed by atoms with Gasteiger partial charge in [0.25, 0.3) is 0 Å². The fourth-order valence-electron chi connectivity index (χ4n) is 4.78. The van der Waals surface area contributed by atoms with Gasteiger partial charge in [-0.25, -0.2) is 0 Å². The lowest BCUT2D eigenvalue weighted by molar-refractivity contribution is -0.126. The number of hydrogen-bond donors (Lipinski definition) is 2. The van der Waals surface area contributed by atoms with E-state index >= 15 is 0 Å². The first-order chi connectivity index (χ1) is 14.7. The lowest BCUT2D eigenvalue weighted by atomic mass is 9.81. The van der Waals surface area contributed by atoms with E-state index in [1.54, 1.807) is 7.11 Å². The molecule has 0 unspecified atom stereocenters. The van der Waals surface area contributed by atoms with Crippen LogP contribution in [0.1, 0.15) is 54.7 Å². The highest BCUT2D eigenvalue weighted by Gasteiger charge is 2.30. The first-order valence-corrected chi connectivity index (χ1v) is 11.1. The van der Waals surface area contributed by atoms with E-state index < -0.39 is 0 Å². The molecule has 1 saturated heterocycles. The van der Waals surface area contributed by atoms with Gasteiger partial charge in [-0.3, -0.25) is 4.79 Å². The van der Waals surface area contributed by atoms with E-state index in [1.807, 2.05) is 24.3 Å². The summed E-state index contributed by atoms with van der Waals surface area (Å²) in [6.07, 6.45) is 6.49. The maximum atomic E-state index is 12.6. The van der Waals surface area contributed by atoms with Crippen molar-refractivity contribution in [3.05, 3.63) is 59.2 Å². The second-order valence-corrected chi connectivity index (χ2v) is 8.49. The molecule has 2 aliphatic rings. The summed E-state index contributed by atoms with van der Waals surface area (Å²) in [6, 6.07) is 14.4. The zero-order valence-corrected chi connectivity index (χ0v) is 17.7. The molecular formula is C25H32N2O3. The number of nitrogens with one attached hydrogen (secondary N) is 1. The lowest BCUT2D eigenvalue weighted by Crippen LogP contribution is -2.41. The van der Waals surface area contributed by atoms with Gasteiger partial charge in [0.15, 0.2) is 11.5 Å². The molecule has 160 valence electrons. The Bertz CT molecular complexity index is 876. The molecule has 5 nitrogen and oxygen atoms in total. The molecule has 5 heteroatoms. The Hall–Kier alpha value is -2.53. The highest BCUT2D eigenvalue weighted by Crippen LogP contribution is 2.37. The highest BCUT2D eigenvalue weighted by atomic mass is 16.5. The highest BCUT2D eigenvalue weighted by molar-refractivity contribution is 5.80. The van der Waals surface area contributed by atoms with Gasteiger partial charge in [-0.2, -0.15) is 0 Å². The molecule has 2 fully saturated rings. The van der Waals surface area contributed by atoms with Crippen LogP contribution in [-0.4, -0.2) is 25.7 Å². The SMILES string of the molecule is COc1ccc([C@H]2CNC(=O)[C@H](Cc3ccccc3CN)C2)cc1OC1CCCC1. The molecule has 0 bridgehead atoms. The second-order valence-electron chi connectivity index (χ2n) is 8.49. The van der Waals surface area contributed by atoms with Crippen molar-refractivity contribution in [3.63, 3.8) is 0 Å². The molecular weight excluding hydrogens is 376 g/mol. The van der Waals surface area contributed by atoms with Gasteiger partial charge in [-0.05, 0) is 67.3 Å². The lowest BCUT2D eigenvalue weighted by Gasteiger charge is -2.30. The van der Waals surface area contributed by atoms with Crippen molar-refractivity contribution in [1.29, 1.82) is 0 Å². The molecule has 0 radical (unpaired) electrons. The number of rotatable bonds is 7. The fraction of sp³-hybridized carbons (Fsp3) is 0.480. The van der Waals surface area contributed by atoms with Gasteiger partial charge >= 0.3 is 0 Å². The quantitative estimate of drug-likeness (QED) is 0.728. The van der Waals surface area contributed by atoms with Crippen molar-refractivity contribution in [2.75, 3.05) is 13.7 Å². The third-order valence-electron chi connectivity index (χ3n) is 6.52. The molecule has 2 aromatic rings. The van der Waals surface area contributed by atoms with Gasteiger partial charge < -0.3 is 20.5 Å². The number of ether oxygens (including phenoxy) is 2. The Balaban J connectivity index is 1.51. The maximum Gasteiger partial charge on any atom is 0.223 e. The summed E-state index contributed by atoms with van der Waals surface area (Å²) in [7, 11) is 1.68. The molecule has 3 N–H and O–H groups in total. The molecule has 2 aromatic carbocycles. The number of carbonyl (C=O) groups excluding carboxylic acids is 1. The third kappa shape index (κ3) is 4.62. The average Bonchev–Trinajstić information content (AvgIpc) is 3.29. The zero-order valence-electron chi connectivity index (χ0n) is 17.7. The molecule has 2 atom stereocenters. The van der Waals surface area contributed by atoms with Crippen molar-refractivity contribution >= 4 is 5.91 Å². The Kier molecular flexibility index (Phi) is 6.58. The third-order valence-corrected chi connectivity index (χ3v) is 6.52. The first kappa shape index (κ1) is 20.7. The number of carbonyl (C=O) groups is 1. The molecule has 0 aromatic heterocycles. The van der Waals surface area contributed by atoms with Crippen LogP contribution in [0.5, 0.6) is 11.5 Å². The van der Waals surface area contributed by atoms with Crippen LogP contribution in [0.3, 0.4) is 0 Å². The topological polar surface area (TPSA) is 73.6 Å². The summed E-state index contributed by atoms with van der Waals surface area (Å²) in [5, 5.41) is 3.12. The Morgan fingerprint density at radius 2 is 1.83 bits per heavy atom. The number of benzene rings is 2. The summed E-state index contributed by atoms with van der Waals surface area (Å²) < 4.78 is 11.8. The number of piperidine rings is 1. The van der Waals surface area contributed by atoms with E-state index in [4.69, 9.17) is 15.2 Å². The van der Waals surface area contributed by atoms with Crippen LogP contribution in [0.15, 0.2) is 42.5 Å². The normalized spacial score (nSPS) is 22.0. The van der Waals surface area contributed by atoms with Crippen molar-refractivity contribution in [2.24, 2.45) is 11.7 Å². The standard InChI is InChI=1S/C25H32N2O3/c1-29-23-11-10-18(14-24(23)30-22-8-4-5-9-22)21-13-20(25(28)27-16-21)12-17-6-2-3-7-19(17)15-26/h2-3,6-7,10-11,14,20-22H,4-5,8-9,12-13,15-16,26H2,1H3,(H,27,28)/t20-,21-/m1/s1. The number of nitrogens with two attached hydrogens (primary N) is 1. The van der Waals surface area contributed by atoms with Crippen LogP contribution < -0.4 is 20.5 Å². The Morgan fingerprint density at radius 1 is 1.07 bits per heavy atom. The van der Waals surface area contributed by atoms with Gasteiger partial charge in [0.2, 0.25) is 5.91 Å². The molecule has 1 amide bonds. The van der Waals surface area contributed by atoms with Crippen LogP contribution in [0.4, 0.5) is 0 Å². The van der Waals surface area contributed by atoms with E-state index in [1.165, 1.54) is 24.0 Å². The van der Waals surface area contributed by atoms with Gasteiger partial charge in [0.1, 0.15) is 0 Å². The van der Waals surface area contributed by atoms with E-state index in [2.05, 4.69) is 23.5 Å². The zero-order chi connectivity index (χ0) is 20.9. The molecule has 1 aliphatic heterocycles.